The number of nitrogens with zero attached hydrogens (tertiary/aromatic N) is 2. The van der Waals surface area contributed by atoms with Gasteiger partial charge >= 0.3 is 0 Å². The van der Waals surface area contributed by atoms with Crippen LogP contribution in [0.3, 0.4) is 0 Å². The van der Waals surface area contributed by atoms with Crippen molar-refractivity contribution in [3.63, 3.8) is 0 Å². The molecule has 1 aromatic heterocycles. The van der Waals surface area contributed by atoms with Crippen molar-refractivity contribution in [2.24, 2.45) is 5.92 Å². The third kappa shape index (κ3) is 9.96. The second kappa shape index (κ2) is 17.3. The van der Waals surface area contributed by atoms with Crippen LogP contribution in [0.25, 0.3) is 11.3 Å². The first-order valence-corrected chi connectivity index (χ1v) is 17.1. The van der Waals surface area contributed by atoms with Crippen molar-refractivity contribution in [2.45, 2.75) is 51.6 Å². The van der Waals surface area contributed by atoms with E-state index in [9.17, 15) is 19.2 Å². The van der Waals surface area contributed by atoms with Crippen LogP contribution in [0.1, 0.15) is 58.7 Å². The van der Waals surface area contributed by atoms with E-state index in [4.69, 9.17) is 14.0 Å². The van der Waals surface area contributed by atoms with Crippen LogP contribution >= 0.6 is 0 Å². The molecule has 0 saturated heterocycles. The number of carbonyl (C=O) groups is 4. The van der Waals surface area contributed by atoms with Crippen LogP contribution in [-0.2, 0) is 22.4 Å². The Bertz CT molecular complexity index is 1810. The molecule has 5 rings (SSSR count). The molecule has 12 nitrogen and oxygen atoms in total. The van der Waals surface area contributed by atoms with Crippen molar-refractivity contribution in [2.75, 3.05) is 33.9 Å². The molecule has 0 aliphatic carbocycles. The van der Waals surface area contributed by atoms with Crippen molar-refractivity contribution < 1.29 is 33.2 Å². The zero-order valence-electron chi connectivity index (χ0n) is 29.4. The quantitative estimate of drug-likeness (QED) is 0.245. The van der Waals surface area contributed by atoms with Gasteiger partial charge in [-0.25, -0.2) is 0 Å². The standard InChI is InChI=1S/C39H45N5O7/c1-25(2)19-30-23-44(39(48)33-22-35(51-43-33)27-9-6-5-7-10-27)24-36(45)40-18-8-11-28-21-29(14-17-34(28)50-4)37(46)42-32(38(47)41-30)20-26-12-15-31(49-3)16-13-26/h5-7,9-10,12-17,21-22,25,30,32H,8,11,18-20,23-24H2,1-4H3,(H,40,45)(H,41,47)(H,42,46)/t30-,32-/m0/s1. The highest BCUT2D eigenvalue weighted by atomic mass is 16.5. The van der Waals surface area contributed by atoms with E-state index in [1.54, 1.807) is 50.6 Å². The molecule has 2 bridgehead atoms. The number of hydrogen-bond donors (Lipinski definition) is 3. The van der Waals surface area contributed by atoms with E-state index in [1.807, 2.05) is 56.3 Å². The maximum Gasteiger partial charge on any atom is 0.276 e. The molecule has 0 saturated carbocycles. The van der Waals surface area contributed by atoms with E-state index in [0.29, 0.717) is 48.6 Å². The monoisotopic (exact) mass is 695 g/mol. The summed E-state index contributed by atoms with van der Waals surface area (Å²) < 4.78 is 16.4. The van der Waals surface area contributed by atoms with Crippen molar-refractivity contribution in [1.82, 2.24) is 26.0 Å². The Morgan fingerprint density at radius 3 is 2.41 bits per heavy atom. The second-order valence-corrected chi connectivity index (χ2v) is 13.0. The molecule has 2 heterocycles. The number of ether oxygens (including phenoxy) is 2. The largest absolute Gasteiger partial charge is 0.497 e. The number of carbonyl (C=O) groups excluding carboxylic acids is 4. The summed E-state index contributed by atoms with van der Waals surface area (Å²) >= 11 is 0. The zero-order chi connectivity index (χ0) is 36.3. The van der Waals surface area contributed by atoms with Gasteiger partial charge in [0.1, 0.15) is 17.5 Å². The Hall–Kier alpha value is -5.65. The molecule has 4 aromatic rings. The first-order chi connectivity index (χ1) is 24.6. The molecule has 0 spiro atoms. The predicted molar refractivity (Wildman–Crippen MR) is 192 cm³/mol. The number of aromatic nitrogens is 1. The molecule has 0 unspecified atom stereocenters. The smallest absolute Gasteiger partial charge is 0.276 e. The number of nitrogens with one attached hydrogen (secondary N) is 3. The lowest BCUT2D eigenvalue weighted by Crippen LogP contribution is -2.54. The Labute approximate surface area is 297 Å². The van der Waals surface area contributed by atoms with Gasteiger partial charge in [0.15, 0.2) is 11.5 Å². The van der Waals surface area contributed by atoms with Crippen LogP contribution in [0, 0.1) is 5.92 Å². The molecule has 1 aliphatic heterocycles. The summed E-state index contributed by atoms with van der Waals surface area (Å²) in [5.41, 5.74) is 2.77. The molecule has 12 heteroatoms. The van der Waals surface area contributed by atoms with Gasteiger partial charge in [-0.3, -0.25) is 19.2 Å². The van der Waals surface area contributed by atoms with Crippen LogP contribution in [0.15, 0.2) is 83.4 Å². The van der Waals surface area contributed by atoms with Gasteiger partial charge in [0.2, 0.25) is 11.8 Å². The lowest BCUT2D eigenvalue weighted by atomic mass is 10.00. The predicted octanol–water partition coefficient (Wildman–Crippen LogP) is 4.44. The average molecular weight is 696 g/mol. The summed E-state index contributed by atoms with van der Waals surface area (Å²) in [6.07, 6.45) is 1.77. The number of rotatable bonds is 8. The van der Waals surface area contributed by atoms with Gasteiger partial charge in [0, 0.05) is 42.7 Å². The summed E-state index contributed by atoms with van der Waals surface area (Å²) in [6, 6.07) is 21.7. The van der Waals surface area contributed by atoms with Gasteiger partial charge < -0.3 is 34.8 Å². The van der Waals surface area contributed by atoms with Crippen LogP contribution < -0.4 is 25.4 Å². The summed E-state index contributed by atoms with van der Waals surface area (Å²) in [6.45, 7) is 4.11. The van der Waals surface area contributed by atoms with Gasteiger partial charge in [-0.1, -0.05) is 61.5 Å². The van der Waals surface area contributed by atoms with E-state index >= 15 is 0 Å². The summed E-state index contributed by atoms with van der Waals surface area (Å²) in [5.74, 6) is 0.108. The number of hydrogen-bond acceptors (Lipinski definition) is 8. The molecular weight excluding hydrogens is 650 g/mol. The molecule has 4 amide bonds. The Morgan fingerprint density at radius 1 is 0.941 bits per heavy atom. The van der Waals surface area contributed by atoms with Crippen molar-refractivity contribution in [3.8, 4) is 22.8 Å². The minimum Gasteiger partial charge on any atom is -0.497 e. The van der Waals surface area contributed by atoms with Gasteiger partial charge in [0.25, 0.3) is 11.8 Å². The number of methoxy groups -OCH3 is 2. The molecule has 3 N–H and O–H groups in total. The van der Waals surface area contributed by atoms with Crippen LogP contribution in [0.4, 0.5) is 0 Å². The van der Waals surface area contributed by atoms with Gasteiger partial charge in [-0.15, -0.1) is 0 Å². The van der Waals surface area contributed by atoms with E-state index in [-0.39, 0.29) is 37.0 Å². The topological polar surface area (TPSA) is 152 Å². The van der Waals surface area contributed by atoms with Crippen LogP contribution in [0.5, 0.6) is 11.5 Å². The summed E-state index contributed by atoms with van der Waals surface area (Å²) in [4.78, 5) is 56.5. The highest BCUT2D eigenvalue weighted by Gasteiger charge is 2.30. The first kappa shape index (κ1) is 36.6. The van der Waals surface area contributed by atoms with E-state index in [1.165, 1.54) is 4.90 Å². The normalized spacial score (nSPS) is 17.6. The van der Waals surface area contributed by atoms with Crippen LogP contribution in [0.2, 0.25) is 0 Å². The summed E-state index contributed by atoms with van der Waals surface area (Å²) in [5, 5.41) is 13.0. The molecule has 2 atom stereocenters. The third-order valence-corrected chi connectivity index (χ3v) is 8.66. The lowest BCUT2D eigenvalue weighted by molar-refractivity contribution is -0.123. The second-order valence-electron chi connectivity index (χ2n) is 13.0. The van der Waals surface area contributed by atoms with E-state index in [0.717, 1.165) is 16.7 Å². The Kier molecular flexibility index (Phi) is 12.4. The Balaban J connectivity index is 1.48. The molecule has 0 radical (unpaired) electrons. The minimum atomic E-state index is -0.960. The van der Waals surface area contributed by atoms with Gasteiger partial charge in [-0.2, -0.15) is 0 Å². The fourth-order valence-electron chi connectivity index (χ4n) is 6.11. The lowest BCUT2D eigenvalue weighted by Gasteiger charge is -2.30. The van der Waals surface area contributed by atoms with Crippen molar-refractivity contribution in [1.29, 1.82) is 0 Å². The van der Waals surface area contributed by atoms with E-state index in [2.05, 4.69) is 21.1 Å². The minimum absolute atomic E-state index is 0.0187. The third-order valence-electron chi connectivity index (χ3n) is 8.66. The summed E-state index contributed by atoms with van der Waals surface area (Å²) in [7, 11) is 3.13. The number of fused-ring (bicyclic) bond motifs is 2. The zero-order valence-corrected chi connectivity index (χ0v) is 29.4. The molecule has 0 fully saturated rings. The fourth-order valence-corrected chi connectivity index (χ4v) is 6.11. The van der Waals surface area contributed by atoms with Crippen molar-refractivity contribution >= 4 is 23.6 Å². The Morgan fingerprint density at radius 2 is 1.71 bits per heavy atom. The molecule has 51 heavy (non-hydrogen) atoms. The first-order valence-electron chi connectivity index (χ1n) is 17.1. The highest BCUT2D eigenvalue weighted by Crippen LogP contribution is 2.23. The molecule has 268 valence electrons. The number of benzene rings is 3. The average Bonchev–Trinajstić information content (AvgIpc) is 3.63. The van der Waals surface area contributed by atoms with Crippen molar-refractivity contribution in [3.05, 3.63) is 101 Å². The molecule has 3 aromatic carbocycles. The van der Waals surface area contributed by atoms with Gasteiger partial charge in [0.05, 0.1) is 20.8 Å². The maximum absolute atomic E-state index is 14.1. The van der Waals surface area contributed by atoms with E-state index < -0.39 is 29.8 Å². The molecule has 1 aliphatic rings. The highest BCUT2D eigenvalue weighted by molar-refractivity contribution is 5.98. The van der Waals surface area contributed by atoms with Crippen LogP contribution in [-0.4, -0.2) is 79.6 Å². The SMILES string of the molecule is COc1ccc(C[C@@H]2NC(=O)c3ccc(OC)c(c3)CCCNC(=O)CN(C(=O)c3cc(-c4ccccc4)on3)C[C@H](CC(C)C)NC2=O)cc1. The molecular formula is C39H45N5O7. The maximum atomic E-state index is 14.1. The van der Waals surface area contributed by atoms with Gasteiger partial charge in [-0.05, 0) is 66.6 Å². The number of aryl methyl sites for hydroxylation is 1. The fraction of sp³-hybridized carbons (Fsp3) is 0.359. The number of amides is 4.